The summed E-state index contributed by atoms with van der Waals surface area (Å²) in [6, 6.07) is 0.987. The van der Waals surface area contributed by atoms with E-state index in [1.807, 2.05) is 6.92 Å². The number of rotatable bonds is 5. The molecule has 0 aliphatic heterocycles. The molecule has 0 heterocycles. The highest BCUT2D eigenvalue weighted by atomic mass is 79.9. The summed E-state index contributed by atoms with van der Waals surface area (Å²) in [4.78, 5) is 17.8. The molecular formula is C12H16BrF2O4P. The number of alkyl halides is 2. The van der Waals surface area contributed by atoms with E-state index in [9.17, 15) is 13.3 Å². The molecule has 0 unspecified atom stereocenters. The zero-order valence-electron chi connectivity index (χ0n) is 11.3. The summed E-state index contributed by atoms with van der Waals surface area (Å²) in [5, 5.41) is 0. The van der Waals surface area contributed by atoms with Crippen molar-refractivity contribution in [3.8, 4) is 5.75 Å². The van der Waals surface area contributed by atoms with Gasteiger partial charge in [-0.1, -0.05) is 13.8 Å². The first-order chi connectivity index (χ1) is 9.11. The average molecular weight is 373 g/mol. The summed E-state index contributed by atoms with van der Waals surface area (Å²) in [5.41, 5.74) is -3.71. The van der Waals surface area contributed by atoms with Gasteiger partial charge >= 0.3 is 13.3 Å². The van der Waals surface area contributed by atoms with Crippen LogP contribution in [0.15, 0.2) is 10.5 Å². The smallest absolute Gasteiger partial charge is 0.399 e. The lowest BCUT2D eigenvalue weighted by Crippen LogP contribution is -2.16. The predicted octanol–water partition coefficient (Wildman–Crippen LogP) is 3.81. The van der Waals surface area contributed by atoms with Crippen LogP contribution in [-0.2, 0) is 23.1 Å². The first kappa shape index (κ1) is 17.6. The monoisotopic (exact) mass is 372 g/mol. The summed E-state index contributed by atoms with van der Waals surface area (Å²) in [7, 11) is -4.29. The van der Waals surface area contributed by atoms with Crippen molar-refractivity contribution in [2.45, 2.75) is 32.4 Å². The molecule has 0 bridgehead atoms. The van der Waals surface area contributed by atoms with Crippen LogP contribution in [0.5, 0.6) is 5.75 Å². The van der Waals surface area contributed by atoms with Gasteiger partial charge in [0.2, 0.25) is 0 Å². The van der Waals surface area contributed by atoms with Crippen molar-refractivity contribution in [1.82, 2.24) is 0 Å². The lowest BCUT2D eigenvalue weighted by atomic mass is 9.98. The topological polar surface area (TPSA) is 66.8 Å². The number of hydrogen-bond donors (Lipinski definition) is 2. The van der Waals surface area contributed by atoms with Crippen LogP contribution in [0.4, 0.5) is 8.78 Å². The number of benzene rings is 1. The molecular weight excluding hydrogens is 357 g/mol. The van der Waals surface area contributed by atoms with Crippen LogP contribution in [0.1, 0.15) is 30.5 Å². The van der Waals surface area contributed by atoms with Crippen LogP contribution >= 0.6 is 23.5 Å². The Bertz CT molecular complexity index is 557. The molecule has 20 heavy (non-hydrogen) atoms. The second kappa shape index (κ2) is 6.10. The second-order valence-corrected chi connectivity index (χ2v) is 6.63. The van der Waals surface area contributed by atoms with Crippen molar-refractivity contribution >= 4 is 23.5 Å². The van der Waals surface area contributed by atoms with E-state index >= 15 is 0 Å². The Balaban J connectivity index is 3.70. The quantitative estimate of drug-likeness (QED) is 0.771. The lowest BCUT2D eigenvalue weighted by Gasteiger charge is -2.23. The normalized spacial score (nSPS) is 12.6. The summed E-state index contributed by atoms with van der Waals surface area (Å²) < 4.78 is 44.0. The summed E-state index contributed by atoms with van der Waals surface area (Å²) in [6.07, 6.45) is 0.998. The molecule has 0 spiro atoms. The maximum atomic E-state index is 13.9. The van der Waals surface area contributed by atoms with Crippen molar-refractivity contribution in [3.63, 3.8) is 0 Å². The SMILES string of the molecule is CCc1c(OC)cc(C(F)(F)P(=O)(O)O)c(Br)c1CC. The number of hydrogen-bond acceptors (Lipinski definition) is 2. The van der Waals surface area contributed by atoms with E-state index in [2.05, 4.69) is 15.9 Å². The van der Waals surface area contributed by atoms with Crippen molar-refractivity contribution in [3.05, 3.63) is 27.2 Å². The molecule has 0 radical (unpaired) electrons. The Labute approximate surface area is 124 Å². The van der Waals surface area contributed by atoms with Gasteiger partial charge in [-0.3, -0.25) is 4.57 Å². The molecule has 0 saturated heterocycles. The molecule has 4 nitrogen and oxygen atoms in total. The van der Waals surface area contributed by atoms with E-state index in [4.69, 9.17) is 14.5 Å². The second-order valence-electron chi connectivity index (χ2n) is 4.19. The Morgan fingerprint density at radius 3 is 2.15 bits per heavy atom. The number of ether oxygens (including phenoxy) is 1. The van der Waals surface area contributed by atoms with Crippen molar-refractivity contribution in [2.75, 3.05) is 7.11 Å². The van der Waals surface area contributed by atoms with Crippen LogP contribution in [0.25, 0.3) is 0 Å². The predicted molar refractivity (Wildman–Crippen MR) is 75.4 cm³/mol. The molecule has 1 aromatic carbocycles. The van der Waals surface area contributed by atoms with Gasteiger partial charge in [0.1, 0.15) is 5.75 Å². The molecule has 0 atom stereocenters. The maximum absolute atomic E-state index is 13.9. The molecule has 114 valence electrons. The van der Waals surface area contributed by atoms with Crippen molar-refractivity contribution in [2.24, 2.45) is 0 Å². The van der Waals surface area contributed by atoms with Gasteiger partial charge in [0.05, 0.1) is 12.7 Å². The first-order valence-corrected chi connectivity index (χ1v) is 8.34. The summed E-state index contributed by atoms with van der Waals surface area (Å²) in [6.45, 7) is 3.63. The van der Waals surface area contributed by atoms with E-state index in [1.54, 1.807) is 6.92 Å². The van der Waals surface area contributed by atoms with Gasteiger partial charge in [0.25, 0.3) is 0 Å². The number of halogens is 3. The van der Waals surface area contributed by atoms with Gasteiger partial charge in [-0.2, -0.15) is 8.78 Å². The van der Waals surface area contributed by atoms with Crippen LogP contribution in [0.2, 0.25) is 0 Å². The molecule has 0 fully saturated rings. The highest BCUT2D eigenvalue weighted by Crippen LogP contribution is 2.61. The lowest BCUT2D eigenvalue weighted by molar-refractivity contribution is 0.0554. The molecule has 1 aromatic rings. The fourth-order valence-corrected chi connectivity index (χ4v) is 3.57. The zero-order valence-corrected chi connectivity index (χ0v) is 13.8. The average Bonchev–Trinajstić information content (AvgIpc) is 2.36. The molecule has 0 aliphatic carbocycles. The van der Waals surface area contributed by atoms with E-state index in [0.29, 0.717) is 18.4 Å². The molecule has 1 rings (SSSR count). The van der Waals surface area contributed by atoms with Gasteiger partial charge in [0, 0.05) is 4.47 Å². The van der Waals surface area contributed by atoms with E-state index in [-0.39, 0.29) is 10.2 Å². The highest BCUT2D eigenvalue weighted by molar-refractivity contribution is 9.10. The van der Waals surface area contributed by atoms with E-state index in [1.165, 1.54) is 7.11 Å². The minimum absolute atomic E-state index is 0.0194. The first-order valence-electron chi connectivity index (χ1n) is 5.93. The fraction of sp³-hybridized carbons (Fsp3) is 0.500. The Morgan fingerprint density at radius 1 is 1.30 bits per heavy atom. The largest absolute Gasteiger partial charge is 0.496 e. The van der Waals surface area contributed by atoms with Crippen molar-refractivity contribution in [1.29, 1.82) is 0 Å². The summed E-state index contributed by atoms with van der Waals surface area (Å²) in [5.74, 6) is 0.204. The Hall–Kier alpha value is -0.490. The minimum atomic E-state index is -5.62. The third kappa shape index (κ3) is 2.91. The minimum Gasteiger partial charge on any atom is -0.496 e. The molecule has 8 heteroatoms. The molecule has 0 amide bonds. The van der Waals surface area contributed by atoms with Gasteiger partial charge in [0.15, 0.2) is 0 Å². The highest BCUT2D eigenvalue weighted by Gasteiger charge is 2.52. The zero-order chi connectivity index (χ0) is 15.7. The van der Waals surface area contributed by atoms with Gasteiger partial charge in [-0.25, -0.2) is 0 Å². The standard InChI is InChI=1S/C12H16BrF2O4P/c1-4-7-8(5-2)11(13)9(6-10(7)19-3)12(14,15)20(16,17)18/h6H,4-5H2,1-3H3,(H2,16,17,18). The maximum Gasteiger partial charge on any atom is 0.399 e. The van der Waals surface area contributed by atoms with E-state index in [0.717, 1.165) is 11.6 Å². The van der Waals surface area contributed by atoms with Crippen LogP contribution in [-0.4, -0.2) is 16.9 Å². The number of methoxy groups -OCH3 is 1. The Kier molecular flexibility index (Phi) is 5.35. The molecule has 0 aromatic heterocycles. The van der Waals surface area contributed by atoms with Crippen LogP contribution in [0.3, 0.4) is 0 Å². The van der Waals surface area contributed by atoms with Gasteiger partial charge < -0.3 is 14.5 Å². The third-order valence-corrected chi connectivity index (χ3v) is 4.93. The van der Waals surface area contributed by atoms with Crippen LogP contribution < -0.4 is 4.74 Å². The molecule has 0 aliphatic rings. The van der Waals surface area contributed by atoms with Crippen molar-refractivity contribution < 1.29 is 27.9 Å². The van der Waals surface area contributed by atoms with Crippen LogP contribution in [0, 0.1) is 0 Å². The third-order valence-electron chi connectivity index (χ3n) is 3.06. The molecule has 2 N–H and O–H groups in total. The van der Waals surface area contributed by atoms with Gasteiger partial charge in [-0.05, 0) is 46.0 Å². The summed E-state index contributed by atoms with van der Waals surface area (Å²) >= 11 is 3.05. The van der Waals surface area contributed by atoms with Gasteiger partial charge in [-0.15, -0.1) is 0 Å². The van der Waals surface area contributed by atoms with E-state index < -0.39 is 18.8 Å². The Morgan fingerprint density at radius 2 is 1.80 bits per heavy atom. The fourth-order valence-electron chi connectivity index (χ4n) is 2.04. The molecule has 0 saturated carbocycles.